The maximum Gasteiger partial charge on any atom is 0.0837 e. The molecule has 2 aliphatic carbocycles. The van der Waals surface area contributed by atoms with E-state index in [4.69, 9.17) is 4.74 Å². The molecule has 2 heteroatoms. The van der Waals surface area contributed by atoms with E-state index in [-0.39, 0.29) is 5.60 Å². The van der Waals surface area contributed by atoms with Crippen LogP contribution in [0.25, 0.3) is 0 Å². The normalized spacial score (nSPS) is 31.9. The van der Waals surface area contributed by atoms with Crippen LogP contribution in [0.3, 0.4) is 0 Å². The predicted molar refractivity (Wildman–Crippen MR) is 86.0 cm³/mol. The summed E-state index contributed by atoms with van der Waals surface area (Å²) in [5.41, 5.74) is 0.122. The summed E-state index contributed by atoms with van der Waals surface area (Å²) in [6, 6.07) is 0.563. The zero-order valence-corrected chi connectivity index (χ0v) is 13.9. The highest BCUT2D eigenvalue weighted by Gasteiger charge is 2.45. The molecular weight excluding hydrogens is 246 g/mol. The van der Waals surface area contributed by atoms with Crippen LogP contribution in [-0.2, 0) is 4.74 Å². The highest BCUT2D eigenvalue weighted by Crippen LogP contribution is 2.43. The van der Waals surface area contributed by atoms with Gasteiger partial charge in [0.15, 0.2) is 0 Å². The lowest BCUT2D eigenvalue weighted by molar-refractivity contribution is -0.110. The first-order valence-corrected chi connectivity index (χ1v) is 9.08. The Morgan fingerprint density at radius 3 is 2.35 bits per heavy atom. The van der Waals surface area contributed by atoms with E-state index in [0.29, 0.717) is 6.04 Å². The molecule has 1 N–H and O–H groups in total. The third-order valence-electron chi connectivity index (χ3n) is 5.93. The number of rotatable bonds is 6. The molecule has 2 nitrogen and oxygen atoms in total. The molecule has 0 aliphatic heterocycles. The molecular formula is C18H35NO. The first-order valence-electron chi connectivity index (χ1n) is 9.08. The summed E-state index contributed by atoms with van der Waals surface area (Å²) in [5, 5.41) is 3.71. The second-order valence-corrected chi connectivity index (χ2v) is 6.94. The van der Waals surface area contributed by atoms with Gasteiger partial charge in [0.25, 0.3) is 0 Å². The standard InChI is InChI=1S/C18H35NO/c1-4-15-11-7-8-12-16(15)17(19-3)18(20-5-2)13-9-6-10-14-18/h15-17,19H,4-14H2,1-3H3. The molecule has 2 aliphatic rings. The van der Waals surface area contributed by atoms with Crippen LogP contribution in [0.1, 0.15) is 78.1 Å². The number of hydrogen-bond acceptors (Lipinski definition) is 2. The Bertz CT molecular complexity index is 267. The zero-order chi connectivity index (χ0) is 14.4. The van der Waals surface area contributed by atoms with Gasteiger partial charge in [-0.05, 0) is 45.1 Å². The van der Waals surface area contributed by atoms with Crippen molar-refractivity contribution in [3.8, 4) is 0 Å². The van der Waals surface area contributed by atoms with Gasteiger partial charge < -0.3 is 10.1 Å². The molecule has 0 heterocycles. The van der Waals surface area contributed by atoms with Gasteiger partial charge in [-0.15, -0.1) is 0 Å². The van der Waals surface area contributed by atoms with E-state index in [9.17, 15) is 0 Å². The topological polar surface area (TPSA) is 21.3 Å². The summed E-state index contributed by atoms with van der Waals surface area (Å²) in [5.74, 6) is 1.73. The SMILES string of the molecule is CCOC1(C(NC)C2CCCCC2CC)CCCCC1. The molecule has 20 heavy (non-hydrogen) atoms. The molecule has 2 saturated carbocycles. The zero-order valence-electron chi connectivity index (χ0n) is 13.9. The Labute approximate surface area is 126 Å². The minimum Gasteiger partial charge on any atom is -0.374 e. The van der Waals surface area contributed by atoms with E-state index >= 15 is 0 Å². The summed E-state index contributed by atoms with van der Waals surface area (Å²) in [4.78, 5) is 0. The smallest absolute Gasteiger partial charge is 0.0837 e. The van der Waals surface area contributed by atoms with Crippen molar-refractivity contribution < 1.29 is 4.74 Å². The Kier molecular flexibility index (Phi) is 6.35. The highest BCUT2D eigenvalue weighted by molar-refractivity contribution is 5.00. The van der Waals surface area contributed by atoms with Crippen LogP contribution in [0.4, 0.5) is 0 Å². The highest BCUT2D eigenvalue weighted by atomic mass is 16.5. The number of hydrogen-bond donors (Lipinski definition) is 1. The van der Waals surface area contributed by atoms with Gasteiger partial charge >= 0.3 is 0 Å². The molecule has 2 fully saturated rings. The van der Waals surface area contributed by atoms with Crippen molar-refractivity contribution in [1.29, 1.82) is 0 Å². The lowest BCUT2D eigenvalue weighted by Crippen LogP contribution is -2.58. The average molecular weight is 281 g/mol. The predicted octanol–water partition coefficient (Wildman–Crippen LogP) is 4.53. The van der Waals surface area contributed by atoms with E-state index in [0.717, 1.165) is 18.4 Å². The van der Waals surface area contributed by atoms with Gasteiger partial charge in [0.2, 0.25) is 0 Å². The molecule has 0 amide bonds. The van der Waals surface area contributed by atoms with Gasteiger partial charge in [0.05, 0.1) is 5.60 Å². The molecule has 3 unspecified atom stereocenters. The third kappa shape index (κ3) is 3.39. The first-order chi connectivity index (χ1) is 9.77. The van der Waals surface area contributed by atoms with Crippen molar-refractivity contribution in [2.45, 2.75) is 89.7 Å². The van der Waals surface area contributed by atoms with Gasteiger partial charge in [0, 0.05) is 12.6 Å². The van der Waals surface area contributed by atoms with E-state index in [1.54, 1.807) is 0 Å². The summed E-state index contributed by atoms with van der Waals surface area (Å²) >= 11 is 0. The third-order valence-corrected chi connectivity index (χ3v) is 5.93. The Hall–Kier alpha value is -0.0800. The Morgan fingerprint density at radius 2 is 1.75 bits per heavy atom. The van der Waals surface area contributed by atoms with E-state index in [2.05, 4.69) is 26.2 Å². The fourth-order valence-corrected chi connectivity index (χ4v) is 5.03. The molecule has 3 atom stereocenters. The summed E-state index contributed by atoms with van der Waals surface area (Å²) in [7, 11) is 2.17. The maximum absolute atomic E-state index is 6.41. The Morgan fingerprint density at radius 1 is 1.05 bits per heavy atom. The second kappa shape index (κ2) is 7.79. The molecule has 0 bridgehead atoms. The van der Waals surface area contributed by atoms with E-state index in [1.165, 1.54) is 64.2 Å². The van der Waals surface area contributed by atoms with E-state index in [1.807, 2.05) is 0 Å². The van der Waals surface area contributed by atoms with Crippen LogP contribution < -0.4 is 5.32 Å². The van der Waals surface area contributed by atoms with Crippen LogP contribution in [0.2, 0.25) is 0 Å². The lowest BCUT2D eigenvalue weighted by atomic mass is 9.66. The first kappa shape index (κ1) is 16.3. The van der Waals surface area contributed by atoms with Crippen LogP contribution in [0.5, 0.6) is 0 Å². The lowest BCUT2D eigenvalue weighted by Gasteiger charge is -2.49. The van der Waals surface area contributed by atoms with Gasteiger partial charge in [-0.25, -0.2) is 0 Å². The average Bonchev–Trinajstić information content (AvgIpc) is 2.49. The van der Waals surface area contributed by atoms with E-state index < -0.39 is 0 Å². The molecule has 118 valence electrons. The minimum atomic E-state index is 0.122. The second-order valence-electron chi connectivity index (χ2n) is 6.94. The van der Waals surface area contributed by atoms with Crippen molar-refractivity contribution in [2.24, 2.45) is 11.8 Å². The quantitative estimate of drug-likeness (QED) is 0.772. The molecule has 0 aromatic heterocycles. The van der Waals surface area contributed by atoms with Crippen molar-refractivity contribution >= 4 is 0 Å². The summed E-state index contributed by atoms with van der Waals surface area (Å²) in [6.45, 7) is 5.41. The molecule has 2 rings (SSSR count). The van der Waals surface area contributed by atoms with Crippen molar-refractivity contribution in [3.63, 3.8) is 0 Å². The van der Waals surface area contributed by atoms with Gasteiger partial charge in [0.1, 0.15) is 0 Å². The molecule has 0 saturated heterocycles. The van der Waals surface area contributed by atoms with Crippen molar-refractivity contribution in [1.82, 2.24) is 5.32 Å². The van der Waals surface area contributed by atoms with Gasteiger partial charge in [-0.1, -0.05) is 51.9 Å². The fraction of sp³-hybridized carbons (Fsp3) is 1.00. The van der Waals surface area contributed by atoms with Crippen LogP contribution >= 0.6 is 0 Å². The fourth-order valence-electron chi connectivity index (χ4n) is 5.03. The molecule has 0 aromatic carbocycles. The molecule has 0 radical (unpaired) electrons. The van der Waals surface area contributed by atoms with Gasteiger partial charge in [-0.2, -0.15) is 0 Å². The maximum atomic E-state index is 6.41. The van der Waals surface area contributed by atoms with Gasteiger partial charge in [-0.3, -0.25) is 0 Å². The van der Waals surface area contributed by atoms with Crippen molar-refractivity contribution in [2.75, 3.05) is 13.7 Å². The Balaban J connectivity index is 2.17. The van der Waals surface area contributed by atoms with Crippen LogP contribution in [0.15, 0.2) is 0 Å². The minimum absolute atomic E-state index is 0.122. The van der Waals surface area contributed by atoms with Crippen LogP contribution in [0, 0.1) is 11.8 Å². The number of likely N-dealkylation sites (N-methyl/N-ethyl adjacent to an activating group) is 1. The monoisotopic (exact) mass is 281 g/mol. The van der Waals surface area contributed by atoms with Crippen molar-refractivity contribution in [3.05, 3.63) is 0 Å². The molecule has 0 spiro atoms. The number of ether oxygens (including phenoxy) is 1. The van der Waals surface area contributed by atoms with Crippen LogP contribution in [-0.4, -0.2) is 25.3 Å². The summed E-state index contributed by atoms with van der Waals surface area (Å²) in [6.07, 6.45) is 13.6. The molecule has 0 aromatic rings. The summed E-state index contributed by atoms with van der Waals surface area (Å²) < 4.78 is 6.41. The number of nitrogens with one attached hydrogen (secondary N) is 1. The largest absolute Gasteiger partial charge is 0.374 e.